The van der Waals surface area contributed by atoms with Crippen LogP contribution in [0.1, 0.15) is 10.4 Å². The molecule has 1 aliphatic rings. The molecule has 0 atom stereocenters. The summed E-state index contributed by atoms with van der Waals surface area (Å²) in [5.41, 5.74) is 0.786. The zero-order valence-electron chi connectivity index (χ0n) is 12.7. The van der Waals surface area contributed by atoms with Gasteiger partial charge in [0, 0.05) is 51.1 Å². The molecule has 0 spiro atoms. The third kappa shape index (κ3) is 3.82. The monoisotopic (exact) mass is 305 g/mol. The van der Waals surface area contributed by atoms with Gasteiger partial charge in [-0.2, -0.15) is 0 Å². The van der Waals surface area contributed by atoms with Crippen molar-refractivity contribution in [3.8, 4) is 0 Å². The number of benzene rings is 1. The second-order valence-corrected chi connectivity index (χ2v) is 5.20. The number of ether oxygens (including phenoxy) is 1. The van der Waals surface area contributed by atoms with Crippen LogP contribution < -0.4 is 4.90 Å². The molecule has 0 aromatic heterocycles. The van der Waals surface area contributed by atoms with Gasteiger partial charge in [0.05, 0.1) is 18.1 Å². The number of anilines is 1. The highest BCUT2D eigenvalue weighted by Crippen LogP contribution is 2.30. The highest BCUT2D eigenvalue weighted by molar-refractivity contribution is 6.05. The fourth-order valence-corrected chi connectivity index (χ4v) is 2.21. The van der Waals surface area contributed by atoms with E-state index in [-0.39, 0.29) is 11.5 Å². The molecule has 22 heavy (non-hydrogen) atoms. The Labute approximate surface area is 128 Å². The quantitative estimate of drug-likeness (QED) is 0.357. The molecule has 1 aromatic rings. The number of carbonyl (C=O) groups is 1. The summed E-state index contributed by atoms with van der Waals surface area (Å²) in [6.07, 6.45) is 3.01. The standard InChI is InChI=1S/C15H19N3O4/c1-16(2)6-5-15(19)12-3-4-13(14(11-12)18(20)21)17-7-9-22-10-8-17/h3-6,11H,7-10H2,1-2H3. The molecule has 0 amide bonds. The Morgan fingerprint density at radius 1 is 1.36 bits per heavy atom. The van der Waals surface area contributed by atoms with Gasteiger partial charge >= 0.3 is 0 Å². The fraction of sp³-hybridized carbons (Fsp3) is 0.400. The summed E-state index contributed by atoms with van der Waals surface area (Å²) >= 11 is 0. The average molecular weight is 305 g/mol. The second-order valence-electron chi connectivity index (χ2n) is 5.20. The van der Waals surface area contributed by atoms with Gasteiger partial charge in [0.2, 0.25) is 0 Å². The second kappa shape index (κ2) is 7.04. The van der Waals surface area contributed by atoms with E-state index in [2.05, 4.69) is 0 Å². The van der Waals surface area contributed by atoms with Crippen molar-refractivity contribution in [1.82, 2.24) is 4.90 Å². The van der Waals surface area contributed by atoms with Gasteiger partial charge < -0.3 is 14.5 Å². The van der Waals surface area contributed by atoms with Crippen molar-refractivity contribution < 1.29 is 14.5 Å². The molecule has 1 aliphatic heterocycles. The van der Waals surface area contributed by atoms with Gasteiger partial charge in [0.1, 0.15) is 5.69 Å². The van der Waals surface area contributed by atoms with E-state index in [1.165, 1.54) is 12.1 Å². The Hall–Kier alpha value is -2.41. The third-order valence-electron chi connectivity index (χ3n) is 3.33. The molecule has 2 rings (SSSR count). The normalized spacial score (nSPS) is 15.1. The predicted octanol–water partition coefficient (Wildman–Crippen LogP) is 1.69. The molecular weight excluding hydrogens is 286 g/mol. The molecule has 118 valence electrons. The zero-order chi connectivity index (χ0) is 16.1. The van der Waals surface area contributed by atoms with Crippen LogP contribution in [0.25, 0.3) is 0 Å². The highest BCUT2D eigenvalue weighted by atomic mass is 16.6. The van der Waals surface area contributed by atoms with E-state index in [9.17, 15) is 14.9 Å². The molecular formula is C15H19N3O4. The van der Waals surface area contributed by atoms with Gasteiger partial charge in [0.25, 0.3) is 5.69 Å². The van der Waals surface area contributed by atoms with E-state index in [0.29, 0.717) is 37.6 Å². The minimum atomic E-state index is -0.447. The first-order chi connectivity index (χ1) is 10.5. The van der Waals surface area contributed by atoms with Crippen LogP contribution in [0.3, 0.4) is 0 Å². The van der Waals surface area contributed by atoms with Gasteiger partial charge in [0.15, 0.2) is 5.78 Å². The topological polar surface area (TPSA) is 75.9 Å². The molecule has 1 saturated heterocycles. The maximum Gasteiger partial charge on any atom is 0.293 e. The van der Waals surface area contributed by atoms with Gasteiger partial charge in [-0.05, 0) is 12.1 Å². The van der Waals surface area contributed by atoms with Gasteiger partial charge in [-0.3, -0.25) is 14.9 Å². The molecule has 0 radical (unpaired) electrons. The van der Waals surface area contributed by atoms with Crippen molar-refractivity contribution in [2.24, 2.45) is 0 Å². The Morgan fingerprint density at radius 3 is 2.64 bits per heavy atom. The summed E-state index contributed by atoms with van der Waals surface area (Å²) in [4.78, 5) is 26.5. The van der Waals surface area contributed by atoms with Crippen LogP contribution in [0.2, 0.25) is 0 Å². The van der Waals surface area contributed by atoms with E-state index in [4.69, 9.17) is 4.74 Å². The van der Waals surface area contributed by atoms with Crippen LogP contribution >= 0.6 is 0 Å². The van der Waals surface area contributed by atoms with Crippen molar-refractivity contribution in [1.29, 1.82) is 0 Å². The molecule has 0 saturated carbocycles. The van der Waals surface area contributed by atoms with Crippen LogP contribution in [0.15, 0.2) is 30.5 Å². The van der Waals surface area contributed by atoms with E-state index in [1.54, 1.807) is 37.3 Å². The number of nitro benzene ring substituents is 1. The number of nitrogens with zero attached hydrogens (tertiary/aromatic N) is 3. The number of rotatable bonds is 5. The van der Waals surface area contributed by atoms with Crippen molar-refractivity contribution in [3.05, 3.63) is 46.2 Å². The molecule has 7 nitrogen and oxygen atoms in total. The Bertz CT molecular complexity index is 592. The first kappa shape index (κ1) is 16.0. The lowest BCUT2D eigenvalue weighted by atomic mass is 10.1. The molecule has 1 aromatic carbocycles. The average Bonchev–Trinajstić information content (AvgIpc) is 2.52. The maximum absolute atomic E-state index is 12.0. The fourth-order valence-electron chi connectivity index (χ4n) is 2.21. The highest BCUT2D eigenvalue weighted by Gasteiger charge is 2.22. The maximum atomic E-state index is 12.0. The van der Waals surface area contributed by atoms with Crippen LogP contribution in [-0.4, -0.2) is 56.0 Å². The summed E-state index contributed by atoms with van der Waals surface area (Å²) < 4.78 is 5.26. The predicted molar refractivity (Wildman–Crippen MR) is 83.3 cm³/mol. The lowest BCUT2D eigenvalue weighted by molar-refractivity contribution is -0.384. The van der Waals surface area contributed by atoms with E-state index >= 15 is 0 Å². The lowest BCUT2D eigenvalue weighted by Gasteiger charge is -2.28. The van der Waals surface area contributed by atoms with E-state index in [0.717, 1.165) is 0 Å². The number of allylic oxidation sites excluding steroid dienone is 1. The van der Waals surface area contributed by atoms with Crippen molar-refractivity contribution in [2.45, 2.75) is 0 Å². The smallest absolute Gasteiger partial charge is 0.293 e. The number of hydrogen-bond donors (Lipinski definition) is 0. The number of ketones is 1. The molecule has 1 fully saturated rings. The number of carbonyl (C=O) groups excluding carboxylic acids is 1. The van der Waals surface area contributed by atoms with Gasteiger partial charge in [-0.25, -0.2) is 0 Å². The summed E-state index contributed by atoms with van der Waals surface area (Å²) in [6.45, 7) is 2.30. The number of hydrogen-bond acceptors (Lipinski definition) is 6. The SMILES string of the molecule is CN(C)C=CC(=O)c1ccc(N2CCOCC2)c([N+](=O)[O-])c1. The Balaban J connectivity index is 2.30. The van der Waals surface area contributed by atoms with Crippen molar-refractivity contribution >= 4 is 17.2 Å². The summed E-state index contributed by atoms with van der Waals surface area (Å²) in [5, 5.41) is 11.3. The molecule has 0 aliphatic carbocycles. The summed E-state index contributed by atoms with van der Waals surface area (Å²) in [6, 6.07) is 4.60. The molecule has 1 heterocycles. The largest absolute Gasteiger partial charge is 0.383 e. The van der Waals surface area contributed by atoms with Crippen LogP contribution in [-0.2, 0) is 4.74 Å². The Morgan fingerprint density at radius 2 is 2.05 bits per heavy atom. The van der Waals surface area contributed by atoms with Crippen LogP contribution in [0, 0.1) is 10.1 Å². The van der Waals surface area contributed by atoms with E-state index < -0.39 is 4.92 Å². The molecule has 0 N–H and O–H groups in total. The first-order valence-corrected chi connectivity index (χ1v) is 6.99. The third-order valence-corrected chi connectivity index (χ3v) is 3.33. The first-order valence-electron chi connectivity index (χ1n) is 6.99. The zero-order valence-corrected chi connectivity index (χ0v) is 12.7. The van der Waals surface area contributed by atoms with Gasteiger partial charge in [-0.1, -0.05) is 0 Å². The summed E-state index contributed by atoms with van der Waals surface area (Å²) in [7, 11) is 3.60. The minimum Gasteiger partial charge on any atom is -0.383 e. The van der Waals surface area contributed by atoms with Crippen molar-refractivity contribution in [3.63, 3.8) is 0 Å². The number of nitro groups is 1. The Kier molecular flexibility index (Phi) is 5.11. The van der Waals surface area contributed by atoms with Crippen LogP contribution in [0.4, 0.5) is 11.4 Å². The van der Waals surface area contributed by atoms with Crippen molar-refractivity contribution in [2.75, 3.05) is 45.3 Å². The molecule has 7 heteroatoms. The lowest BCUT2D eigenvalue weighted by Crippen LogP contribution is -2.36. The molecule has 0 unspecified atom stereocenters. The summed E-state index contributed by atoms with van der Waals surface area (Å²) in [5.74, 6) is -0.259. The number of morpholine rings is 1. The minimum absolute atomic E-state index is 0.0500. The van der Waals surface area contributed by atoms with Crippen LogP contribution in [0.5, 0.6) is 0 Å². The molecule has 0 bridgehead atoms. The van der Waals surface area contributed by atoms with E-state index in [1.807, 2.05) is 4.90 Å². The van der Waals surface area contributed by atoms with Gasteiger partial charge in [-0.15, -0.1) is 0 Å².